The number of hydrogen-bond donors (Lipinski definition) is 2. The van der Waals surface area contributed by atoms with Crippen LogP contribution in [0.3, 0.4) is 0 Å². The van der Waals surface area contributed by atoms with Crippen molar-refractivity contribution in [3.8, 4) is 17.2 Å². The van der Waals surface area contributed by atoms with Crippen molar-refractivity contribution in [2.75, 3.05) is 6.61 Å². The first-order valence-electron chi connectivity index (χ1n) is 9.00. The molecule has 158 valence electrons. The van der Waals surface area contributed by atoms with Gasteiger partial charge in [-0.2, -0.15) is 5.10 Å². The van der Waals surface area contributed by atoms with Crippen LogP contribution in [0.25, 0.3) is 0 Å². The van der Waals surface area contributed by atoms with Crippen LogP contribution in [0.4, 0.5) is 5.69 Å². The second-order valence-corrected chi connectivity index (χ2v) is 8.12. The van der Waals surface area contributed by atoms with Gasteiger partial charge in [0.1, 0.15) is 6.61 Å². The van der Waals surface area contributed by atoms with Gasteiger partial charge in [-0.15, -0.1) is 0 Å². The Hall–Kier alpha value is -3.33. The van der Waals surface area contributed by atoms with Crippen molar-refractivity contribution >= 4 is 29.4 Å². The van der Waals surface area contributed by atoms with E-state index in [0.717, 1.165) is 17.8 Å². The van der Waals surface area contributed by atoms with Gasteiger partial charge in [0, 0.05) is 16.7 Å². The summed E-state index contributed by atoms with van der Waals surface area (Å²) in [4.78, 5) is 22.6. The number of aromatic hydroxyl groups is 1. The molecular weight excluding hydrogens is 414 g/mol. The summed E-state index contributed by atoms with van der Waals surface area (Å²) in [6, 6.07) is 7.88. The third-order valence-electron chi connectivity index (χ3n) is 4.42. The fourth-order valence-corrected chi connectivity index (χ4v) is 2.97. The average molecular weight is 434 g/mol. The van der Waals surface area contributed by atoms with Crippen molar-refractivity contribution < 1.29 is 24.3 Å². The summed E-state index contributed by atoms with van der Waals surface area (Å²) in [6.45, 7) is 6.18. The number of ether oxygens (including phenoxy) is 2. The van der Waals surface area contributed by atoms with Gasteiger partial charge in [-0.05, 0) is 29.2 Å². The zero-order valence-electron chi connectivity index (χ0n) is 16.5. The maximum Gasteiger partial charge on any atom is 0.312 e. The van der Waals surface area contributed by atoms with Gasteiger partial charge in [-0.1, -0.05) is 38.4 Å². The SMILES string of the molecule is CC(C)(C)c1ccc2c(c1)OC(C(=O)NN=Cc1cc(Cl)cc([N+](=O)[O-])c1O)CO2. The first-order chi connectivity index (χ1) is 14.1. The molecule has 0 spiro atoms. The van der Waals surface area contributed by atoms with Crippen molar-refractivity contribution in [3.63, 3.8) is 0 Å². The molecule has 0 saturated carbocycles. The van der Waals surface area contributed by atoms with Crippen molar-refractivity contribution in [1.82, 2.24) is 5.43 Å². The average Bonchev–Trinajstić information content (AvgIpc) is 2.68. The topological polar surface area (TPSA) is 123 Å². The molecule has 1 aliphatic heterocycles. The zero-order chi connectivity index (χ0) is 22.1. The summed E-state index contributed by atoms with van der Waals surface area (Å²) in [6.07, 6.45) is 0.119. The van der Waals surface area contributed by atoms with E-state index >= 15 is 0 Å². The monoisotopic (exact) mass is 433 g/mol. The van der Waals surface area contributed by atoms with Crippen LogP contribution < -0.4 is 14.9 Å². The quantitative estimate of drug-likeness (QED) is 0.432. The number of amides is 1. The maximum atomic E-state index is 12.4. The highest BCUT2D eigenvalue weighted by Crippen LogP contribution is 2.36. The summed E-state index contributed by atoms with van der Waals surface area (Å²) in [5.74, 6) is -0.176. The molecule has 1 atom stereocenters. The number of carbonyl (C=O) groups is 1. The lowest BCUT2D eigenvalue weighted by Gasteiger charge is -2.27. The van der Waals surface area contributed by atoms with Crippen LogP contribution in [0.15, 0.2) is 35.4 Å². The molecule has 1 amide bonds. The largest absolute Gasteiger partial charge is 0.502 e. The van der Waals surface area contributed by atoms with Crippen molar-refractivity contribution in [2.24, 2.45) is 5.10 Å². The minimum absolute atomic E-state index is 0.00287. The van der Waals surface area contributed by atoms with E-state index in [1.165, 1.54) is 6.07 Å². The lowest BCUT2D eigenvalue weighted by molar-refractivity contribution is -0.385. The highest BCUT2D eigenvalue weighted by Gasteiger charge is 2.28. The lowest BCUT2D eigenvalue weighted by atomic mass is 9.87. The third kappa shape index (κ3) is 4.62. The molecule has 2 aromatic rings. The molecule has 0 aliphatic carbocycles. The highest BCUT2D eigenvalue weighted by atomic mass is 35.5. The summed E-state index contributed by atoms with van der Waals surface area (Å²) in [7, 11) is 0. The summed E-state index contributed by atoms with van der Waals surface area (Å²) in [5.41, 5.74) is 2.62. The summed E-state index contributed by atoms with van der Waals surface area (Å²) >= 11 is 5.82. The Morgan fingerprint density at radius 1 is 1.33 bits per heavy atom. The van der Waals surface area contributed by atoms with Crippen LogP contribution in [0, 0.1) is 10.1 Å². The van der Waals surface area contributed by atoms with Crippen molar-refractivity contribution in [1.29, 1.82) is 0 Å². The normalized spacial score (nSPS) is 15.8. The number of hydrazone groups is 1. The van der Waals surface area contributed by atoms with Gasteiger partial charge in [0.05, 0.1) is 11.1 Å². The van der Waals surface area contributed by atoms with E-state index in [4.69, 9.17) is 21.1 Å². The van der Waals surface area contributed by atoms with Crippen LogP contribution in [0.1, 0.15) is 31.9 Å². The third-order valence-corrected chi connectivity index (χ3v) is 4.64. The van der Waals surface area contributed by atoms with Gasteiger partial charge in [0.15, 0.2) is 11.5 Å². The van der Waals surface area contributed by atoms with Gasteiger partial charge in [0.25, 0.3) is 5.91 Å². The molecular formula is C20H20ClN3O6. The highest BCUT2D eigenvalue weighted by molar-refractivity contribution is 6.31. The Kier molecular flexibility index (Phi) is 5.84. The number of nitro groups is 1. The zero-order valence-corrected chi connectivity index (χ0v) is 17.3. The summed E-state index contributed by atoms with van der Waals surface area (Å²) in [5, 5.41) is 24.7. The fraction of sp³-hybridized carbons (Fsp3) is 0.300. The second kappa shape index (κ2) is 8.19. The number of rotatable bonds is 4. The van der Waals surface area contributed by atoms with E-state index in [-0.39, 0.29) is 22.6 Å². The first kappa shape index (κ1) is 21.4. The molecule has 1 unspecified atom stereocenters. The molecule has 0 fully saturated rings. The Labute approximate surface area is 177 Å². The predicted octanol–water partition coefficient (Wildman–Crippen LogP) is 3.54. The Morgan fingerprint density at radius 3 is 2.73 bits per heavy atom. The molecule has 1 aliphatic rings. The number of benzene rings is 2. The molecule has 10 heteroatoms. The van der Waals surface area contributed by atoms with E-state index in [9.17, 15) is 20.0 Å². The number of nitro benzene ring substituents is 1. The number of fused-ring (bicyclic) bond motifs is 1. The van der Waals surface area contributed by atoms with Crippen LogP contribution in [-0.4, -0.2) is 34.9 Å². The minimum atomic E-state index is -0.938. The molecule has 2 aromatic carbocycles. The van der Waals surface area contributed by atoms with E-state index in [2.05, 4.69) is 31.3 Å². The van der Waals surface area contributed by atoms with Crippen molar-refractivity contribution in [3.05, 3.63) is 56.6 Å². The van der Waals surface area contributed by atoms with Crippen LogP contribution in [-0.2, 0) is 10.2 Å². The number of hydrogen-bond acceptors (Lipinski definition) is 7. The van der Waals surface area contributed by atoms with Gasteiger partial charge in [-0.25, -0.2) is 5.43 Å². The van der Waals surface area contributed by atoms with Gasteiger partial charge >= 0.3 is 5.69 Å². The maximum absolute atomic E-state index is 12.4. The lowest BCUT2D eigenvalue weighted by Crippen LogP contribution is -2.42. The molecule has 0 saturated heterocycles. The van der Waals surface area contributed by atoms with Gasteiger partial charge in [0.2, 0.25) is 11.9 Å². The molecule has 3 rings (SSSR count). The van der Waals surface area contributed by atoms with Gasteiger partial charge < -0.3 is 14.6 Å². The molecule has 30 heavy (non-hydrogen) atoms. The van der Waals surface area contributed by atoms with Crippen LogP contribution in [0.5, 0.6) is 17.2 Å². The number of carbonyl (C=O) groups excluding carboxylic acids is 1. The number of phenols is 1. The smallest absolute Gasteiger partial charge is 0.312 e. The predicted molar refractivity (Wildman–Crippen MR) is 111 cm³/mol. The molecule has 2 N–H and O–H groups in total. The first-order valence-corrected chi connectivity index (χ1v) is 9.38. The number of nitrogens with zero attached hydrogens (tertiary/aromatic N) is 2. The molecule has 0 aromatic heterocycles. The summed E-state index contributed by atoms with van der Waals surface area (Å²) < 4.78 is 11.4. The Balaban J connectivity index is 1.70. The fourth-order valence-electron chi connectivity index (χ4n) is 2.75. The second-order valence-electron chi connectivity index (χ2n) is 7.68. The van der Waals surface area contributed by atoms with E-state index in [1.807, 2.05) is 12.1 Å². The minimum Gasteiger partial charge on any atom is -0.502 e. The standard InChI is InChI=1S/C20H20ClN3O6/c1-20(2,3)12-4-5-15-16(7-12)30-17(10-29-15)19(26)23-22-9-11-6-13(21)8-14(18(11)25)24(27)28/h4-9,17,25H,10H2,1-3H3,(H,23,26). The molecule has 9 nitrogen and oxygen atoms in total. The van der Waals surface area contributed by atoms with Crippen molar-refractivity contribution in [2.45, 2.75) is 32.3 Å². The van der Waals surface area contributed by atoms with Crippen LogP contribution >= 0.6 is 11.6 Å². The molecule has 0 radical (unpaired) electrons. The van der Waals surface area contributed by atoms with Gasteiger partial charge in [-0.3, -0.25) is 14.9 Å². The number of nitrogens with one attached hydrogen (secondary N) is 1. The Bertz CT molecular complexity index is 1030. The Morgan fingerprint density at radius 2 is 2.07 bits per heavy atom. The number of phenolic OH excluding ortho intramolecular Hbond substituents is 1. The molecule has 0 bridgehead atoms. The molecule has 1 heterocycles. The van der Waals surface area contributed by atoms with E-state index in [1.54, 1.807) is 6.07 Å². The van der Waals surface area contributed by atoms with Crippen LogP contribution in [0.2, 0.25) is 5.02 Å². The van der Waals surface area contributed by atoms with E-state index in [0.29, 0.717) is 11.5 Å². The van der Waals surface area contributed by atoms with E-state index < -0.39 is 28.4 Å². The number of halogens is 1.